The second kappa shape index (κ2) is 6.72. The number of thiocarbonyl (C=S) groups is 1. The Morgan fingerprint density at radius 1 is 1.21 bits per heavy atom. The molecule has 0 aliphatic carbocycles. The lowest BCUT2D eigenvalue weighted by molar-refractivity contribution is -0.122. The molecule has 0 bridgehead atoms. The molecule has 2 N–H and O–H groups in total. The molecule has 5 nitrogen and oxygen atoms in total. The normalized spacial score (nSPS) is 15.7. The van der Waals surface area contributed by atoms with Crippen LogP contribution in [0.3, 0.4) is 0 Å². The summed E-state index contributed by atoms with van der Waals surface area (Å²) in [5, 5.41) is 13.4. The smallest absolute Gasteiger partial charge is 0.276 e. The summed E-state index contributed by atoms with van der Waals surface area (Å²) in [5.41, 5.74) is 1.79. The Labute approximate surface area is 145 Å². The van der Waals surface area contributed by atoms with E-state index in [0.717, 1.165) is 5.56 Å². The number of phenolic OH excluding ortho intramolecular Hbond substituents is 1. The molecular weight excluding hydrogens is 324 g/mol. The third-order valence-corrected chi connectivity index (χ3v) is 4.02. The van der Waals surface area contributed by atoms with Gasteiger partial charge in [-0.3, -0.25) is 9.69 Å². The van der Waals surface area contributed by atoms with Crippen molar-refractivity contribution in [1.29, 1.82) is 0 Å². The van der Waals surface area contributed by atoms with E-state index in [2.05, 4.69) is 5.32 Å². The number of methoxy groups -OCH3 is 1. The van der Waals surface area contributed by atoms with E-state index in [4.69, 9.17) is 17.0 Å². The van der Waals surface area contributed by atoms with Gasteiger partial charge in [0.25, 0.3) is 5.91 Å². The highest BCUT2D eigenvalue weighted by molar-refractivity contribution is 7.80. The summed E-state index contributed by atoms with van der Waals surface area (Å²) in [6.45, 7) is 0.396. The van der Waals surface area contributed by atoms with Crippen LogP contribution in [-0.4, -0.2) is 28.1 Å². The van der Waals surface area contributed by atoms with Crippen LogP contribution in [0.4, 0.5) is 0 Å². The molecule has 1 amide bonds. The predicted octanol–water partition coefficient (Wildman–Crippen LogP) is 2.66. The molecule has 122 valence electrons. The molecule has 3 rings (SSSR count). The fourth-order valence-electron chi connectivity index (χ4n) is 2.46. The van der Waals surface area contributed by atoms with E-state index >= 15 is 0 Å². The van der Waals surface area contributed by atoms with Gasteiger partial charge in [-0.25, -0.2) is 0 Å². The largest absolute Gasteiger partial charge is 0.504 e. The molecule has 1 aliphatic heterocycles. The molecular formula is C18H16N2O3S. The minimum absolute atomic E-state index is 0.0190. The minimum Gasteiger partial charge on any atom is -0.504 e. The van der Waals surface area contributed by atoms with Crippen molar-refractivity contribution < 1.29 is 14.6 Å². The van der Waals surface area contributed by atoms with Crippen molar-refractivity contribution in [3.8, 4) is 11.5 Å². The SMILES string of the molecule is COc1cccc(/C=C2\NC(=S)N(Cc3ccccc3)C2=O)c1O. The molecule has 0 atom stereocenters. The summed E-state index contributed by atoms with van der Waals surface area (Å²) in [4.78, 5) is 14.1. The van der Waals surface area contributed by atoms with Crippen LogP contribution in [0.15, 0.2) is 54.2 Å². The highest BCUT2D eigenvalue weighted by Gasteiger charge is 2.30. The summed E-state index contributed by atoms with van der Waals surface area (Å²) < 4.78 is 5.08. The standard InChI is InChI=1S/C18H16N2O3S/c1-23-15-9-5-8-13(16(15)21)10-14-17(22)20(18(24)19-14)11-12-6-3-2-4-7-12/h2-10,21H,11H2,1H3,(H,19,24)/b14-10-. The summed E-state index contributed by atoms with van der Waals surface area (Å²) in [5.74, 6) is 0.0964. The minimum atomic E-state index is -0.230. The molecule has 1 fully saturated rings. The van der Waals surface area contributed by atoms with E-state index in [0.29, 0.717) is 28.7 Å². The number of benzene rings is 2. The highest BCUT2D eigenvalue weighted by atomic mass is 32.1. The summed E-state index contributed by atoms with van der Waals surface area (Å²) in [6, 6.07) is 14.7. The van der Waals surface area contributed by atoms with Crippen LogP contribution in [0.1, 0.15) is 11.1 Å². The van der Waals surface area contributed by atoms with Crippen molar-refractivity contribution in [3.05, 3.63) is 65.4 Å². The third kappa shape index (κ3) is 3.09. The van der Waals surface area contributed by atoms with Gasteiger partial charge >= 0.3 is 0 Å². The number of hydrogen-bond donors (Lipinski definition) is 2. The van der Waals surface area contributed by atoms with E-state index in [-0.39, 0.29) is 11.7 Å². The molecule has 0 aromatic heterocycles. The van der Waals surface area contributed by atoms with Gasteiger partial charge in [0.2, 0.25) is 0 Å². The maximum Gasteiger partial charge on any atom is 0.276 e. The van der Waals surface area contributed by atoms with Crippen molar-refractivity contribution in [3.63, 3.8) is 0 Å². The van der Waals surface area contributed by atoms with Gasteiger partial charge in [0.05, 0.1) is 13.7 Å². The zero-order valence-electron chi connectivity index (χ0n) is 13.0. The first-order valence-electron chi connectivity index (χ1n) is 7.34. The molecule has 1 saturated heterocycles. The Morgan fingerprint density at radius 3 is 2.67 bits per heavy atom. The molecule has 2 aromatic carbocycles. The van der Waals surface area contributed by atoms with Gasteiger partial charge in [-0.1, -0.05) is 42.5 Å². The van der Waals surface area contributed by atoms with Gasteiger partial charge in [-0.15, -0.1) is 0 Å². The lowest BCUT2D eigenvalue weighted by atomic mass is 10.1. The van der Waals surface area contributed by atoms with Gasteiger partial charge in [-0.05, 0) is 29.9 Å². The Morgan fingerprint density at radius 2 is 1.96 bits per heavy atom. The number of phenols is 1. The lowest BCUT2D eigenvalue weighted by Crippen LogP contribution is -2.29. The Balaban J connectivity index is 1.86. The van der Waals surface area contributed by atoms with Crippen molar-refractivity contribution in [2.24, 2.45) is 0 Å². The monoisotopic (exact) mass is 340 g/mol. The first kappa shape index (κ1) is 16.0. The quantitative estimate of drug-likeness (QED) is 0.662. The van der Waals surface area contributed by atoms with E-state index in [1.54, 1.807) is 24.3 Å². The van der Waals surface area contributed by atoms with E-state index in [1.807, 2.05) is 30.3 Å². The Hall–Kier alpha value is -2.86. The highest BCUT2D eigenvalue weighted by Crippen LogP contribution is 2.31. The van der Waals surface area contributed by atoms with E-state index < -0.39 is 0 Å². The molecule has 0 spiro atoms. The van der Waals surface area contributed by atoms with E-state index in [1.165, 1.54) is 12.0 Å². The Kier molecular flexibility index (Phi) is 4.48. The molecule has 0 saturated carbocycles. The first-order chi connectivity index (χ1) is 11.6. The fourth-order valence-corrected chi connectivity index (χ4v) is 2.71. The van der Waals surface area contributed by atoms with Crippen LogP contribution in [0.25, 0.3) is 6.08 Å². The predicted molar refractivity (Wildman–Crippen MR) is 95.4 cm³/mol. The number of carbonyl (C=O) groups is 1. The molecule has 6 heteroatoms. The van der Waals surface area contributed by atoms with Gasteiger partial charge in [0.1, 0.15) is 5.70 Å². The van der Waals surface area contributed by atoms with Gasteiger partial charge in [-0.2, -0.15) is 0 Å². The van der Waals surface area contributed by atoms with Crippen LogP contribution in [0, 0.1) is 0 Å². The number of aromatic hydroxyl groups is 1. The number of ether oxygens (including phenoxy) is 1. The van der Waals surface area contributed by atoms with Crippen molar-refractivity contribution >= 4 is 29.3 Å². The van der Waals surface area contributed by atoms with Crippen molar-refractivity contribution in [1.82, 2.24) is 10.2 Å². The summed E-state index contributed by atoms with van der Waals surface area (Å²) in [7, 11) is 1.47. The molecule has 2 aromatic rings. The average molecular weight is 340 g/mol. The van der Waals surface area contributed by atoms with Crippen LogP contribution in [0.2, 0.25) is 0 Å². The third-order valence-electron chi connectivity index (χ3n) is 3.70. The van der Waals surface area contributed by atoms with Crippen molar-refractivity contribution in [2.45, 2.75) is 6.54 Å². The second-order valence-corrected chi connectivity index (χ2v) is 5.65. The molecule has 0 radical (unpaired) electrons. The number of carbonyl (C=O) groups excluding carboxylic acids is 1. The van der Waals surface area contributed by atoms with Crippen LogP contribution < -0.4 is 10.1 Å². The lowest BCUT2D eigenvalue weighted by Gasteiger charge is -2.13. The van der Waals surface area contributed by atoms with Gasteiger partial charge in [0, 0.05) is 5.56 Å². The fraction of sp³-hybridized carbons (Fsp3) is 0.111. The molecule has 0 unspecified atom stereocenters. The van der Waals surface area contributed by atoms with Gasteiger partial charge < -0.3 is 15.2 Å². The molecule has 24 heavy (non-hydrogen) atoms. The number of nitrogens with zero attached hydrogens (tertiary/aromatic N) is 1. The number of rotatable bonds is 4. The topological polar surface area (TPSA) is 61.8 Å². The van der Waals surface area contributed by atoms with Crippen LogP contribution in [0.5, 0.6) is 11.5 Å². The molecule has 1 heterocycles. The maximum atomic E-state index is 12.6. The zero-order valence-corrected chi connectivity index (χ0v) is 13.8. The Bertz CT molecular complexity index is 818. The van der Waals surface area contributed by atoms with Crippen LogP contribution >= 0.6 is 12.2 Å². The second-order valence-electron chi connectivity index (χ2n) is 5.26. The zero-order chi connectivity index (χ0) is 17.1. The maximum absolute atomic E-state index is 12.6. The van der Waals surface area contributed by atoms with E-state index in [9.17, 15) is 9.90 Å². The first-order valence-corrected chi connectivity index (χ1v) is 7.75. The summed E-state index contributed by atoms with van der Waals surface area (Å²) in [6.07, 6.45) is 1.57. The van der Waals surface area contributed by atoms with Crippen LogP contribution in [-0.2, 0) is 11.3 Å². The van der Waals surface area contributed by atoms with Crippen molar-refractivity contribution in [2.75, 3.05) is 7.11 Å². The number of hydrogen-bond acceptors (Lipinski definition) is 4. The average Bonchev–Trinajstić information content (AvgIpc) is 2.85. The summed E-state index contributed by atoms with van der Waals surface area (Å²) >= 11 is 5.26. The number of amides is 1. The number of nitrogens with one attached hydrogen (secondary N) is 1. The number of para-hydroxylation sites is 1. The van der Waals surface area contributed by atoms with Gasteiger partial charge in [0.15, 0.2) is 16.6 Å². The molecule has 1 aliphatic rings.